The molecule has 1 aromatic carbocycles. The second kappa shape index (κ2) is 8.59. The van der Waals surface area contributed by atoms with E-state index in [0.717, 1.165) is 0 Å². The molecule has 24 heavy (non-hydrogen) atoms. The lowest BCUT2D eigenvalue weighted by atomic mass is 10.2. The summed E-state index contributed by atoms with van der Waals surface area (Å²) in [4.78, 5) is 31.6. The quantitative estimate of drug-likeness (QED) is 0.584. The van der Waals surface area contributed by atoms with Crippen LogP contribution in [0.1, 0.15) is 20.8 Å². The molecule has 1 aromatic heterocycles. The first kappa shape index (κ1) is 17.4. The molecule has 8 nitrogen and oxygen atoms in total. The van der Waals surface area contributed by atoms with Gasteiger partial charge in [-0.1, -0.05) is 0 Å². The van der Waals surface area contributed by atoms with Crippen LogP contribution < -0.4 is 10.6 Å². The van der Waals surface area contributed by atoms with Gasteiger partial charge in [0.05, 0.1) is 19.3 Å². The van der Waals surface area contributed by atoms with E-state index in [4.69, 9.17) is 4.74 Å². The van der Waals surface area contributed by atoms with E-state index in [2.05, 4.69) is 25.3 Å². The third-order valence-electron chi connectivity index (χ3n) is 3.04. The Balaban J connectivity index is 2.03. The second-order valence-electron chi connectivity index (χ2n) is 4.71. The second-order valence-corrected chi connectivity index (χ2v) is 4.71. The number of rotatable bonds is 7. The Labute approximate surface area is 139 Å². The number of methoxy groups -OCH3 is 2. The van der Waals surface area contributed by atoms with Crippen LogP contribution in [0.15, 0.2) is 36.5 Å². The van der Waals surface area contributed by atoms with Gasteiger partial charge in [-0.15, -0.1) is 0 Å². The third-order valence-corrected chi connectivity index (χ3v) is 3.04. The van der Waals surface area contributed by atoms with Crippen LogP contribution in [0, 0.1) is 0 Å². The lowest BCUT2D eigenvalue weighted by Gasteiger charge is -2.07. The van der Waals surface area contributed by atoms with Crippen LogP contribution in [-0.2, 0) is 9.47 Å². The molecular weight excluding hydrogens is 312 g/mol. The number of amides is 1. The molecule has 2 rings (SSSR count). The molecule has 1 amide bonds. The molecule has 0 saturated carbocycles. The Bertz CT molecular complexity index is 703. The predicted molar refractivity (Wildman–Crippen MR) is 87.3 cm³/mol. The highest BCUT2D eigenvalue weighted by Gasteiger charge is 2.09. The van der Waals surface area contributed by atoms with Gasteiger partial charge in [0.25, 0.3) is 5.91 Å². The molecule has 0 unspecified atom stereocenters. The smallest absolute Gasteiger partial charge is 0.337 e. The van der Waals surface area contributed by atoms with E-state index in [1.807, 2.05) is 0 Å². The number of aromatic nitrogens is 2. The van der Waals surface area contributed by atoms with Gasteiger partial charge in [-0.05, 0) is 30.3 Å². The average molecular weight is 330 g/mol. The molecule has 0 saturated heterocycles. The topological polar surface area (TPSA) is 102 Å². The molecule has 2 N–H and O–H groups in total. The molecule has 0 bridgehead atoms. The highest BCUT2D eigenvalue weighted by atomic mass is 16.5. The van der Waals surface area contributed by atoms with Crippen molar-refractivity contribution in [2.24, 2.45) is 0 Å². The SMILES string of the molecule is COCCNC(=O)c1ccnc(Nc2ccc(C(=O)OC)cc2)n1. The number of hydrogen-bond donors (Lipinski definition) is 2. The van der Waals surface area contributed by atoms with Crippen LogP contribution in [0.3, 0.4) is 0 Å². The largest absolute Gasteiger partial charge is 0.465 e. The maximum atomic E-state index is 11.9. The molecule has 1 heterocycles. The molecule has 2 aromatic rings. The number of hydrogen-bond acceptors (Lipinski definition) is 7. The summed E-state index contributed by atoms with van der Waals surface area (Å²) in [5.74, 6) is -0.439. The van der Waals surface area contributed by atoms with Crippen LogP contribution in [0.2, 0.25) is 0 Å². The van der Waals surface area contributed by atoms with Crippen LogP contribution >= 0.6 is 0 Å². The van der Waals surface area contributed by atoms with Crippen LogP contribution in [0.4, 0.5) is 11.6 Å². The van der Waals surface area contributed by atoms with E-state index < -0.39 is 5.97 Å². The maximum absolute atomic E-state index is 11.9. The van der Waals surface area contributed by atoms with E-state index in [-0.39, 0.29) is 17.5 Å². The maximum Gasteiger partial charge on any atom is 0.337 e. The van der Waals surface area contributed by atoms with E-state index in [1.54, 1.807) is 31.4 Å². The summed E-state index contributed by atoms with van der Waals surface area (Å²) < 4.78 is 9.51. The van der Waals surface area contributed by atoms with Crippen molar-refractivity contribution >= 4 is 23.5 Å². The van der Waals surface area contributed by atoms with Crippen LogP contribution in [-0.4, -0.2) is 49.2 Å². The van der Waals surface area contributed by atoms with Crippen molar-refractivity contribution in [2.75, 3.05) is 32.7 Å². The minimum atomic E-state index is -0.410. The summed E-state index contributed by atoms with van der Waals surface area (Å²) in [5, 5.41) is 5.66. The highest BCUT2D eigenvalue weighted by Crippen LogP contribution is 2.14. The molecule has 0 atom stereocenters. The standard InChI is InChI=1S/C16H18N4O4/c1-23-10-9-17-14(21)13-7-8-18-16(20-13)19-12-5-3-11(4-6-12)15(22)24-2/h3-8H,9-10H2,1-2H3,(H,17,21)(H,18,19,20). The monoisotopic (exact) mass is 330 g/mol. The fourth-order valence-corrected chi connectivity index (χ4v) is 1.84. The number of nitrogens with zero attached hydrogens (tertiary/aromatic N) is 2. The molecule has 0 spiro atoms. The van der Waals surface area contributed by atoms with Gasteiger partial charge in [-0.3, -0.25) is 4.79 Å². The normalized spacial score (nSPS) is 10.1. The van der Waals surface area contributed by atoms with Crippen LogP contribution in [0.5, 0.6) is 0 Å². The zero-order valence-corrected chi connectivity index (χ0v) is 13.4. The summed E-state index contributed by atoms with van der Waals surface area (Å²) in [6.07, 6.45) is 1.49. The first-order valence-corrected chi connectivity index (χ1v) is 7.19. The minimum absolute atomic E-state index is 0.245. The molecule has 0 aliphatic rings. The number of esters is 1. The number of benzene rings is 1. The fourth-order valence-electron chi connectivity index (χ4n) is 1.84. The average Bonchev–Trinajstić information content (AvgIpc) is 2.62. The van der Waals surface area contributed by atoms with E-state index in [9.17, 15) is 9.59 Å². The van der Waals surface area contributed by atoms with Gasteiger partial charge in [0.2, 0.25) is 5.95 Å². The summed E-state index contributed by atoms with van der Waals surface area (Å²) in [5.41, 5.74) is 1.37. The lowest BCUT2D eigenvalue weighted by molar-refractivity contribution is 0.0600. The van der Waals surface area contributed by atoms with E-state index in [0.29, 0.717) is 24.4 Å². The zero-order valence-electron chi connectivity index (χ0n) is 13.4. The Kier molecular flexibility index (Phi) is 6.21. The Morgan fingerprint density at radius 1 is 1.12 bits per heavy atom. The first-order chi connectivity index (χ1) is 11.6. The number of carbonyl (C=O) groups excluding carboxylic acids is 2. The predicted octanol–water partition coefficient (Wildman–Crippen LogP) is 1.38. The van der Waals surface area contributed by atoms with Crippen molar-refractivity contribution < 1.29 is 19.1 Å². The molecule has 0 fully saturated rings. The number of carbonyl (C=O) groups is 2. The summed E-state index contributed by atoms with van der Waals surface area (Å²) in [6.45, 7) is 0.825. The van der Waals surface area contributed by atoms with Crippen molar-refractivity contribution in [2.45, 2.75) is 0 Å². The van der Waals surface area contributed by atoms with Crippen molar-refractivity contribution in [3.63, 3.8) is 0 Å². The summed E-state index contributed by atoms with van der Waals surface area (Å²) in [6, 6.07) is 8.15. The number of nitrogens with one attached hydrogen (secondary N) is 2. The van der Waals surface area contributed by atoms with Gasteiger partial charge in [0, 0.05) is 25.5 Å². The molecule has 0 aliphatic carbocycles. The van der Waals surface area contributed by atoms with Gasteiger partial charge in [-0.2, -0.15) is 0 Å². The minimum Gasteiger partial charge on any atom is -0.465 e. The van der Waals surface area contributed by atoms with Crippen molar-refractivity contribution in [3.05, 3.63) is 47.8 Å². The van der Waals surface area contributed by atoms with Crippen molar-refractivity contribution in [1.29, 1.82) is 0 Å². The Hall–Kier alpha value is -3.00. The highest BCUT2D eigenvalue weighted by molar-refractivity contribution is 5.92. The Morgan fingerprint density at radius 2 is 1.88 bits per heavy atom. The van der Waals surface area contributed by atoms with Gasteiger partial charge in [0.15, 0.2) is 0 Å². The van der Waals surface area contributed by atoms with Gasteiger partial charge in [-0.25, -0.2) is 14.8 Å². The van der Waals surface area contributed by atoms with E-state index in [1.165, 1.54) is 19.4 Å². The number of anilines is 2. The number of ether oxygens (including phenoxy) is 2. The molecule has 0 radical (unpaired) electrons. The van der Waals surface area contributed by atoms with Crippen LogP contribution in [0.25, 0.3) is 0 Å². The van der Waals surface area contributed by atoms with Gasteiger partial charge < -0.3 is 20.1 Å². The molecule has 126 valence electrons. The van der Waals surface area contributed by atoms with E-state index >= 15 is 0 Å². The molecule has 0 aliphatic heterocycles. The van der Waals surface area contributed by atoms with Crippen molar-refractivity contribution in [1.82, 2.24) is 15.3 Å². The third kappa shape index (κ3) is 4.75. The first-order valence-electron chi connectivity index (χ1n) is 7.19. The summed E-state index contributed by atoms with van der Waals surface area (Å²) >= 11 is 0. The fraction of sp³-hybridized carbons (Fsp3) is 0.250. The summed E-state index contributed by atoms with van der Waals surface area (Å²) in [7, 11) is 2.88. The molecule has 8 heteroatoms. The molecular formula is C16H18N4O4. The lowest BCUT2D eigenvalue weighted by Crippen LogP contribution is -2.27. The van der Waals surface area contributed by atoms with Crippen molar-refractivity contribution in [3.8, 4) is 0 Å². The van der Waals surface area contributed by atoms with Gasteiger partial charge >= 0.3 is 5.97 Å². The van der Waals surface area contributed by atoms with Gasteiger partial charge in [0.1, 0.15) is 5.69 Å². The Morgan fingerprint density at radius 3 is 2.54 bits per heavy atom. The zero-order chi connectivity index (χ0) is 17.4.